The van der Waals surface area contributed by atoms with Crippen molar-refractivity contribution in [1.82, 2.24) is 10.2 Å². The maximum absolute atomic E-state index is 12.5. The SMILES string of the molecule is CCC(C)C1C(=O)NC(C)C(=O)N1C1CCCCC1. The summed E-state index contributed by atoms with van der Waals surface area (Å²) in [6.45, 7) is 5.95. The van der Waals surface area contributed by atoms with Gasteiger partial charge in [-0.1, -0.05) is 39.5 Å². The lowest BCUT2D eigenvalue weighted by atomic mass is 9.87. The number of carbonyl (C=O) groups is 2. The molecule has 4 nitrogen and oxygen atoms in total. The summed E-state index contributed by atoms with van der Waals surface area (Å²) >= 11 is 0. The molecule has 2 fully saturated rings. The second-order valence-electron chi connectivity index (χ2n) is 6.10. The molecule has 1 saturated carbocycles. The van der Waals surface area contributed by atoms with Crippen molar-refractivity contribution in [2.75, 3.05) is 0 Å². The first-order valence-electron chi connectivity index (χ1n) is 7.68. The quantitative estimate of drug-likeness (QED) is 0.850. The van der Waals surface area contributed by atoms with Crippen LogP contribution in [0.15, 0.2) is 0 Å². The van der Waals surface area contributed by atoms with Crippen LogP contribution < -0.4 is 5.32 Å². The van der Waals surface area contributed by atoms with Gasteiger partial charge in [-0.3, -0.25) is 9.59 Å². The van der Waals surface area contributed by atoms with Crippen molar-refractivity contribution < 1.29 is 9.59 Å². The number of hydrogen-bond donors (Lipinski definition) is 1. The smallest absolute Gasteiger partial charge is 0.245 e. The molecule has 1 aliphatic carbocycles. The lowest BCUT2D eigenvalue weighted by Crippen LogP contribution is -2.66. The topological polar surface area (TPSA) is 49.4 Å². The molecule has 0 radical (unpaired) electrons. The number of amides is 2. The van der Waals surface area contributed by atoms with Crippen LogP contribution in [0.25, 0.3) is 0 Å². The van der Waals surface area contributed by atoms with E-state index in [4.69, 9.17) is 0 Å². The third kappa shape index (κ3) is 2.77. The molecule has 108 valence electrons. The van der Waals surface area contributed by atoms with Crippen LogP contribution in [0.3, 0.4) is 0 Å². The minimum absolute atomic E-state index is 0.0343. The summed E-state index contributed by atoms with van der Waals surface area (Å²) in [4.78, 5) is 26.7. The molecule has 2 aliphatic rings. The largest absolute Gasteiger partial charge is 0.343 e. The molecule has 0 bridgehead atoms. The van der Waals surface area contributed by atoms with E-state index in [1.54, 1.807) is 6.92 Å². The van der Waals surface area contributed by atoms with Crippen molar-refractivity contribution >= 4 is 11.8 Å². The summed E-state index contributed by atoms with van der Waals surface area (Å²) in [5.74, 6) is 0.363. The van der Waals surface area contributed by atoms with E-state index in [1.807, 2.05) is 4.90 Å². The first-order chi connectivity index (χ1) is 9.06. The van der Waals surface area contributed by atoms with E-state index in [1.165, 1.54) is 19.3 Å². The van der Waals surface area contributed by atoms with E-state index in [-0.39, 0.29) is 35.9 Å². The van der Waals surface area contributed by atoms with Gasteiger partial charge in [-0.2, -0.15) is 0 Å². The first-order valence-corrected chi connectivity index (χ1v) is 7.68. The molecular formula is C15H26N2O2. The molecule has 3 unspecified atom stereocenters. The summed E-state index contributed by atoms with van der Waals surface area (Å²) in [6.07, 6.45) is 6.64. The highest BCUT2D eigenvalue weighted by Crippen LogP contribution is 2.29. The molecule has 1 heterocycles. The Balaban J connectivity index is 2.25. The molecule has 1 N–H and O–H groups in total. The molecule has 0 aromatic heterocycles. The van der Waals surface area contributed by atoms with Crippen LogP contribution in [-0.2, 0) is 9.59 Å². The van der Waals surface area contributed by atoms with Gasteiger partial charge in [0.2, 0.25) is 11.8 Å². The van der Waals surface area contributed by atoms with Crippen LogP contribution in [0.1, 0.15) is 59.3 Å². The molecule has 1 aliphatic heterocycles. The first kappa shape index (κ1) is 14.4. The highest BCUT2D eigenvalue weighted by Gasteiger charge is 2.44. The Labute approximate surface area is 115 Å². The fraction of sp³-hybridized carbons (Fsp3) is 0.867. The molecule has 2 amide bonds. The zero-order valence-electron chi connectivity index (χ0n) is 12.3. The zero-order valence-corrected chi connectivity index (χ0v) is 12.3. The second kappa shape index (κ2) is 5.93. The van der Waals surface area contributed by atoms with Gasteiger partial charge < -0.3 is 10.2 Å². The van der Waals surface area contributed by atoms with Crippen LogP contribution in [0, 0.1) is 5.92 Å². The molecule has 4 heteroatoms. The van der Waals surface area contributed by atoms with Crippen molar-refractivity contribution in [3.8, 4) is 0 Å². The van der Waals surface area contributed by atoms with Gasteiger partial charge in [0.15, 0.2) is 0 Å². The summed E-state index contributed by atoms with van der Waals surface area (Å²) < 4.78 is 0. The molecule has 1 saturated heterocycles. The summed E-state index contributed by atoms with van der Waals surface area (Å²) in [7, 11) is 0. The Kier molecular flexibility index (Phi) is 4.48. The van der Waals surface area contributed by atoms with Crippen molar-refractivity contribution in [3.63, 3.8) is 0 Å². The van der Waals surface area contributed by atoms with Crippen LogP contribution in [0.5, 0.6) is 0 Å². The maximum Gasteiger partial charge on any atom is 0.245 e. The van der Waals surface area contributed by atoms with E-state index >= 15 is 0 Å². The van der Waals surface area contributed by atoms with Gasteiger partial charge in [-0.05, 0) is 25.7 Å². The van der Waals surface area contributed by atoms with Crippen molar-refractivity contribution in [2.45, 2.75) is 77.4 Å². The van der Waals surface area contributed by atoms with E-state index < -0.39 is 0 Å². The molecule has 0 spiro atoms. The van der Waals surface area contributed by atoms with Gasteiger partial charge in [0.25, 0.3) is 0 Å². The second-order valence-corrected chi connectivity index (χ2v) is 6.10. The third-order valence-corrected chi connectivity index (χ3v) is 4.70. The van der Waals surface area contributed by atoms with E-state index in [0.717, 1.165) is 19.3 Å². The monoisotopic (exact) mass is 266 g/mol. The average Bonchev–Trinajstić information content (AvgIpc) is 2.42. The number of nitrogens with one attached hydrogen (secondary N) is 1. The fourth-order valence-electron chi connectivity index (χ4n) is 3.37. The molecule has 0 aromatic carbocycles. The molecule has 3 atom stereocenters. The Morgan fingerprint density at radius 2 is 1.89 bits per heavy atom. The Morgan fingerprint density at radius 1 is 1.26 bits per heavy atom. The highest BCUT2D eigenvalue weighted by molar-refractivity contribution is 5.97. The van der Waals surface area contributed by atoms with Gasteiger partial charge >= 0.3 is 0 Å². The lowest BCUT2D eigenvalue weighted by molar-refractivity contribution is -0.154. The number of carbonyl (C=O) groups excluding carboxylic acids is 2. The van der Waals surface area contributed by atoms with E-state index in [2.05, 4.69) is 19.2 Å². The molecule has 19 heavy (non-hydrogen) atoms. The van der Waals surface area contributed by atoms with Gasteiger partial charge in [0.1, 0.15) is 12.1 Å². The normalized spacial score (nSPS) is 31.2. The fourth-order valence-corrected chi connectivity index (χ4v) is 3.37. The van der Waals surface area contributed by atoms with Gasteiger partial charge in [-0.15, -0.1) is 0 Å². The molecule has 2 rings (SSSR count). The number of hydrogen-bond acceptors (Lipinski definition) is 2. The Morgan fingerprint density at radius 3 is 2.47 bits per heavy atom. The summed E-state index contributed by atoms with van der Waals surface area (Å²) in [6, 6.07) is -0.361. The summed E-state index contributed by atoms with van der Waals surface area (Å²) in [5.41, 5.74) is 0. The zero-order chi connectivity index (χ0) is 14.0. The van der Waals surface area contributed by atoms with Crippen molar-refractivity contribution in [3.05, 3.63) is 0 Å². The third-order valence-electron chi connectivity index (χ3n) is 4.70. The van der Waals surface area contributed by atoms with E-state index in [0.29, 0.717) is 0 Å². The Bertz CT molecular complexity index is 350. The van der Waals surface area contributed by atoms with Crippen LogP contribution in [-0.4, -0.2) is 34.8 Å². The minimum Gasteiger partial charge on any atom is -0.343 e. The highest BCUT2D eigenvalue weighted by atomic mass is 16.2. The predicted octanol–water partition coefficient (Wildman–Crippen LogP) is 2.08. The van der Waals surface area contributed by atoms with Gasteiger partial charge in [-0.25, -0.2) is 0 Å². The maximum atomic E-state index is 12.5. The molecular weight excluding hydrogens is 240 g/mol. The minimum atomic E-state index is -0.366. The van der Waals surface area contributed by atoms with Crippen LogP contribution in [0.4, 0.5) is 0 Å². The van der Waals surface area contributed by atoms with Crippen molar-refractivity contribution in [2.24, 2.45) is 5.92 Å². The molecule has 0 aromatic rings. The number of nitrogens with zero attached hydrogens (tertiary/aromatic N) is 1. The Hall–Kier alpha value is -1.06. The predicted molar refractivity (Wildman–Crippen MR) is 74.6 cm³/mol. The van der Waals surface area contributed by atoms with E-state index in [9.17, 15) is 9.59 Å². The average molecular weight is 266 g/mol. The van der Waals surface area contributed by atoms with Crippen molar-refractivity contribution in [1.29, 1.82) is 0 Å². The number of rotatable bonds is 3. The lowest BCUT2D eigenvalue weighted by Gasteiger charge is -2.46. The standard InChI is InChI=1S/C15H26N2O2/c1-4-10(2)13-14(18)16-11(3)15(19)17(13)12-8-6-5-7-9-12/h10-13H,4-9H2,1-3H3,(H,16,18). The van der Waals surface area contributed by atoms with Gasteiger partial charge in [0, 0.05) is 6.04 Å². The van der Waals surface area contributed by atoms with Crippen LogP contribution >= 0.6 is 0 Å². The van der Waals surface area contributed by atoms with Crippen LogP contribution in [0.2, 0.25) is 0 Å². The summed E-state index contributed by atoms with van der Waals surface area (Å²) in [5, 5.41) is 2.83. The van der Waals surface area contributed by atoms with Gasteiger partial charge in [0.05, 0.1) is 0 Å². The number of piperazine rings is 1.